The third-order valence-corrected chi connectivity index (χ3v) is 6.16. The average Bonchev–Trinajstić information content (AvgIpc) is 3.30. The highest BCUT2D eigenvalue weighted by molar-refractivity contribution is 5.60. The predicted octanol–water partition coefficient (Wildman–Crippen LogP) is 3.67. The lowest BCUT2D eigenvalue weighted by molar-refractivity contribution is 0.300. The second-order valence-electron chi connectivity index (χ2n) is 8.33. The lowest BCUT2D eigenvalue weighted by atomic mass is 10.0. The molecule has 3 heterocycles. The summed E-state index contributed by atoms with van der Waals surface area (Å²) in [5.74, 6) is -1.40. The van der Waals surface area contributed by atoms with Gasteiger partial charge in [0.15, 0.2) is 11.6 Å². The number of nitrogens with one attached hydrogen (secondary N) is 1. The first-order valence-electron chi connectivity index (χ1n) is 10.3. The molecule has 31 heavy (non-hydrogen) atoms. The molecule has 1 aliphatic carbocycles. The Labute approximate surface area is 177 Å². The van der Waals surface area contributed by atoms with Crippen LogP contribution in [-0.4, -0.2) is 44.4 Å². The van der Waals surface area contributed by atoms with Crippen molar-refractivity contribution in [2.45, 2.75) is 25.4 Å². The zero-order valence-corrected chi connectivity index (χ0v) is 16.7. The molecule has 0 radical (unpaired) electrons. The molecule has 1 saturated carbocycles. The minimum Gasteiger partial charge on any atom is -0.366 e. The molecule has 160 valence electrons. The predicted molar refractivity (Wildman–Crippen MR) is 108 cm³/mol. The number of hydrogen-bond donors (Lipinski definition) is 1. The Hall–Kier alpha value is -3.07. The molecule has 2 aromatic heterocycles. The average molecular weight is 426 g/mol. The first-order chi connectivity index (χ1) is 15.0. The van der Waals surface area contributed by atoms with Crippen LogP contribution >= 0.6 is 0 Å². The molecule has 3 atom stereocenters. The Morgan fingerprint density at radius 1 is 0.968 bits per heavy atom. The van der Waals surface area contributed by atoms with E-state index < -0.39 is 17.5 Å². The molecule has 6 nitrogen and oxygen atoms in total. The van der Waals surface area contributed by atoms with Crippen LogP contribution in [0.4, 0.5) is 19.0 Å². The maximum absolute atomic E-state index is 14.0. The van der Waals surface area contributed by atoms with E-state index >= 15 is 0 Å². The summed E-state index contributed by atoms with van der Waals surface area (Å²) in [6.07, 6.45) is 5.62. The van der Waals surface area contributed by atoms with E-state index in [2.05, 4.69) is 30.6 Å². The fourth-order valence-corrected chi connectivity index (χ4v) is 4.82. The van der Waals surface area contributed by atoms with Crippen molar-refractivity contribution in [2.75, 3.05) is 18.4 Å². The monoisotopic (exact) mass is 426 g/mol. The van der Waals surface area contributed by atoms with Gasteiger partial charge in [0.05, 0.1) is 11.9 Å². The molecule has 0 bridgehead atoms. The summed E-state index contributed by atoms with van der Waals surface area (Å²) in [7, 11) is 0. The third-order valence-electron chi connectivity index (χ3n) is 6.16. The molecule has 1 saturated heterocycles. The van der Waals surface area contributed by atoms with Gasteiger partial charge >= 0.3 is 0 Å². The quantitative estimate of drug-likeness (QED) is 0.628. The standard InChI is InChI=1S/C22H21F3N6/c23-16-7-18(22(25)19(24)8-16)20-1-2-21(30-29-20)28-17-5-14-11-31(12-15(14)6-17)10-13-3-4-26-27-9-13/h1-4,7-9,14-15,17H,5-6,10-12H2,(H,28,30)/t14-,15+,17?. The Morgan fingerprint density at radius 3 is 2.45 bits per heavy atom. The van der Waals surface area contributed by atoms with E-state index in [0.717, 1.165) is 38.5 Å². The normalized spacial score (nSPS) is 23.1. The van der Waals surface area contributed by atoms with E-state index in [1.807, 2.05) is 12.3 Å². The van der Waals surface area contributed by atoms with Crippen molar-refractivity contribution < 1.29 is 13.2 Å². The van der Waals surface area contributed by atoms with Gasteiger partial charge in [0.1, 0.15) is 11.6 Å². The Kier molecular flexibility index (Phi) is 5.27. The topological polar surface area (TPSA) is 66.8 Å². The molecule has 1 unspecified atom stereocenters. The minimum atomic E-state index is -1.24. The number of hydrogen-bond acceptors (Lipinski definition) is 6. The molecule has 1 aliphatic heterocycles. The summed E-state index contributed by atoms with van der Waals surface area (Å²) >= 11 is 0. The fraction of sp³-hybridized carbons (Fsp3) is 0.364. The summed E-state index contributed by atoms with van der Waals surface area (Å²) in [5, 5.41) is 19.2. The van der Waals surface area contributed by atoms with Crippen LogP contribution in [0, 0.1) is 29.3 Å². The second kappa shape index (κ2) is 8.22. The molecule has 5 rings (SSSR count). The van der Waals surface area contributed by atoms with Crippen LogP contribution in [0.3, 0.4) is 0 Å². The van der Waals surface area contributed by atoms with Crippen molar-refractivity contribution in [3.8, 4) is 11.3 Å². The summed E-state index contributed by atoms with van der Waals surface area (Å²) in [4.78, 5) is 2.46. The van der Waals surface area contributed by atoms with E-state index in [0.29, 0.717) is 29.8 Å². The van der Waals surface area contributed by atoms with Crippen molar-refractivity contribution in [1.82, 2.24) is 25.3 Å². The molecule has 0 spiro atoms. The number of halogens is 3. The first-order valence-corrected chi connectivity index (χ1v) is 10.3. The number of rotatable bonds is 5. The van der Waals surface area contributed by atoms with Gasteiger partial charge in [-0.05, 0) is 54.5 Å². The third kappa shape index (κ3) is 4.23. The van der Waals surface area contributed by atoms with Gasteiger partial charge in [-0.3, -0.25) is 4.90 Å². The van der Waals surface area contributed by atoms with Crippen LogP contribution < -0.4 is 5.32 Å². The van der Waals surface area contributed by atoms with Crippen LogP contribution in [0.2, 0.25) is 0 Å². The van der Waals surface area contributed by atoms with Crippen LogP contribution in [0.25, 0.3) is 11.3 Å². The van der Waals surface area contributed by atoms with Gasteiger partial charge in [-0.15, -0.1) is 10.2 Å². The highest BCUT2D eigenvalue weighted by Crippen LogP contribution is 2.39. The van der Waals surface area contributed by atoms with Gasteiger partial charge in [-0.2, -0.15) is 10.2 Å². The SMILES string of the molecule is Fc1cc(F)c(F)c(-c2ccc(NC3C[C@@H]4CN(Cc5ccnnc5)C[C@@H]4C3)nn2)c1. The smallest absolute Gasteiger partial charge is 0.168 e. The molecule has 3 aromatic rings. The molecule has 9 heteroatoms. The molecular formula is C22H21F3N6. The second-order valence-corrected chi connectivity index (χ2v) is 8.33. The van der Waals surface area contributed by atoms with Gasteiger partial charge in [-0.25, -0.2) is 13.2 Å². The van der Waals surface area contributed by atoms with Crippen molar-refractivity contribution in [2.24, 2.45) is 11.8 Å². The number of fused-ring (bicyclic) bond motifs is 1. The Morgan fingerprint density at radius 2 is 1.77 bits per heavy atom. The summed E-state index contributed by atoms with van der Waals surface area (Å²) in [6.45, 7) is 3.01. The highest BCUT2D eigenvalue weighted by atomic mass is 19.2. The van der Waals surface area contributed by atoms with E-state index in [-0.39, 0.29) is 11.3 Å². The van der Waals surface area contributed by atoms with E-state index in [1.165, 1.54) is 11.6 Å². The van der Waals surface area contributed by atoms with Gasteiger partial charge in [0, 0.05) is 43.5 Å². The lowest BCUT2D eigenvalue weighted by Crippen LogP contribution is -2.25. The zero-order valence-electron chi connectivity index (χ0n) is 16.7. The molecule has 2 fully saturated rings. The van der Waals surface area contributed by atoms with Crippen molar-refractivity contribution in [3.05, 3.63) is 65.7 Å². The summed E-state index contributed by atoms with van der Waals surface area (Å²) in [5.41, 5.74) is 1.03. The van der Waals surface area contributed by atoms with Gasteiger partial charge < -0.3 is 5.32 Å². The van der Waals surface area contributed by atoms with E-state index in [1.54, 1.807) is 12.3 Å². The van der Waals surface area contributed by atoms with E-state index in [4.69, 9.17) is 0 Å². The maximum Gasteiger partial charge on any atom is 0.168 e. The molecule has 2 aliphatic rings. The molecule has 1 aromatic carbocycles. The summed E-state index contributed by atoms with van der Waals surface area (Å²) in [6, 6.07) is 6.91. The van der Waals surface area contributed by atoms with Gasteiger partial charge in [0.25, 0.3) is 0 Å². The number of nitrogens with zero attached hydrogens (tertiary/aromatic N) is 5. The first kappa shape index (κ1) is 19.9. The number of benzene rings is 1. The zero-order chi connectivity index (χ0) is 21.4. The van der Waals surface area contributed by atoms with Crippen molar-refractivity contribution in [1.29, 1.82) is 0 Å². The van der Waals surface area contributed by atoms with Crippen LogP contribution in [-0.2, 0) is 6.54 Å². The Balaban J connectivity index is 1.18. The van der Waals surface area contributed by atoms with E-state index in [9.17, 15) is 13.2 Å². The van der Waals surface area contributed by atoms with Crippen LogP contribution in [0.1, 0.15) is 18.4 Å². The number of anilines is 1. The van der Waals surface area contributed by atoms with Gasteiger partial charge in [-0.1, -0.05) is 0 Å². The highest BCUT2D eigenvalue weighted by Gasteiger charge is 2.40. The number of likely N-dealkylation sites (tertiary alicyclic amines) is 1. The maximum atomic E-state index is 14.0. The van der Waals surface area contributed by atoms with Gasteiger partial charge in [0.2, 0.25) is 0 Å². The molecule has 0 amide bonds. The number of aromatic nitrogens is 4. The largest absolute Gasteiger partial charge is 0.366 e. The lowest BCUT2D eigenvalue weighted by Gasteiger charge is -2.19. The van der Waals surface area contributed by atoms with Crippen LogP contribution in [0.15, 0.2) is 42.7 Å². The minimum absolute atomic E-state index is 0.0889. The van der Waals surface area contributed by atoms with Crippen molar-refractivity contribution >= 4 is 5.82 Å². The van der Waals surface area contributed by atoms with Crippen molar-refractivity contribution in [3.63, 3.8) is 0 Å². The Bertz CT molecular complexity index is 1050. The molecule has 1 N–H and O–H groups in total. The summed E-state index contributed by atoms with van der Waals surface area (Å²) < 4.78 is 40.8. The van der Waals surface area contributed by atoms with Crippen LogP contribution in [0.5, 0.6) is 0 Å². The fourth-order valence-electron chi connectivity index (χ4n) is 4.82. The molecular weight excluding hydrogens is 405 g/mol.